The summed E-state index contributed by atoms with van der Waals surface area (Å²) in [5.74, 6) is -0.424. The number of aromatic nitrogens is 4. The molecule has 1 aliphatic heterocycles. The first-order chi connectivity index (χ1) is 15.9. The van der Waals surface area contributed by atoms with Gasteiger partial charge in [0.1, 0.15) is 10.7 Å². The largest absolute Gasteiger partial charge is 0.374 e. The van der Waals surface area contributed by atoms with Crippen molar-refractivity contribution >= 4 is 28.0 Å². The molecule has 3 aromatic heterocycles. The van der Waals surface area contributed by atoms with Crippen molar-refractivity contribution in [2.24, 2.45) is 5.73 Å². The van der Waals surface area contributed by atoms with E-state index in [1.54, 1.807) is 17.4 Å². The lowest BCUT2D eigenvalue weighted by Crippen LogP contribution is -2.43. The Kier molecular flexibility index (Phi) is 5.59. The summed E-state index contributed by atoms with van der Waals surface area (Å²) in [6, 6.07) is 9.85. The molecular weight excluding hydrogens is 436 g/mol. The number of rotatable bonds is 5. The van der Waals surface area contributed by atoms with Crippen LogP contribution in [0.3, 0.4) is 0 Å². The molecule has 0 unspecified atom stereocenters. The second kappa shape index (κ2) is 8.57. The van der Waals surface area contributed by atoms with Gasteiger partial charge in [-0.05, 0) is 56.2 Å². The summed E-state index contributed by atoms with van der Waals surface area (Å²) in [6.45, 7) is 8.12. The lowest BCUT2D eigenvalue weighted by atomic mass is 10.00. The summed E-state index contributed by atoms with van der Waals surface area (Å²) in [4.78, 5) is 18.9. The minimum absolute atomic E-state index is 0.00565. The highest BCUT2D eigenvalue weighted by atomic mass is 32.1. The van der Waals surface area contributed by atoms with E-state index < -0.39 is 5.91 Å². The van der Waals surface area contributed by atoms with E-state index in [1.807, 2.05) is 26.0 Å². The molecule has 2 N–H and O–H groups in total. The molecule has 4 heterocycles. The molecule has 33 heavy (non-hydrogen) atoms. The van der Waals surface area contributed by atoms with Gasteiger partial charge in [0.25, 0.3) is 0 Å². The lowest BCUT2D eigenvalue weighted by Gasteiger charge is -2.32. The molecule has 1 amide bonds. The number of carbonyl (C=O) groups is 1. The number of benzene rings is 1. The monoisotopic (exact) mass is 462 g/mol. The summed E-state index contributed by atoms with van der Waals surface area (Å²) < 4.78 is 8.30. The Bertz CT molecular complexity index is 1340. The number of nitrogens with two attached hydrogens (primary N) is 1. The topological polar surface area (TPSA) is 98.6 Å². The summed E-state index contributed by atoms with van der Waals surface area (Å²) in [5.41, 5.74) is 11.9. The number of fused-ring (bicyclic) bond motifs is 1. The van der Waals surface area contributed by atoms with Gasteiger partial charge in [0.2, 0.25) is 11.0 Å². The predicted molar refractivity (Wildman–Crippen MR) is 129 cm³/mol. The Morgan fingerprint density at radius 1 is 1.21 bits per heavy atom. The van der Waals surface area contributed by atoms with Crippen LogP contribution in [0.25, 0.3) is 16.9 Å². The molecule has 4 aromatic rings. The maximum atomic E-state index is 11.7. The number of imidazole rings is 1. The van der Waals surface area contributed by atoms with Crippen LogP contribution in [0.15, 0.2) is 36.5 Å². The zero-order valence-corrected chi connectivity index (χ0v) is 19.7. The van der Waals surface area contributed by atoms with Gasteiger partial charge in [-0.1, -0.05) is 17.4 Å². The normalized spacial score (nSPS) is 16.5. The number of hydrogen-bond donors (Lipinski definition) is 1. The fraction of sp³-hybridized carbons (Fsp3) is 0.333. The third-order valence-electron chi connectivity index (χ3n) is 5.99. The first-order valence-corrected chi connectivity index (χ1v) is 11.8. The Balaban J connectivity index is 1.52. The van der Waals surface area contributed by atoms with E-state index in [9.17, 15) is 4.79 Å². The highest BCUT2D eigenvalue weighted by Crippen LogP contribution is 2.30. The van der Waals surface area contributed by atoms with Gasteiger partial charge in [-0.2, -0.15) is 0 Å². The van der Waals surface area contributed by atoms with Crippen molar-refractivity contribution in [2.45, 2.75) is 33.3 Å². The molecule has 0 aliphatic carbocycles. The maximum Gasteiger partial charge on any atom is 0.248 e. The van der Waals surface area contributed by atoms with Crippen molar-refractivity contribution in [1.82, 2.24) is 19.6 Å². The number of amides is 1. The molecule has 9 heteroatoms. The quantitative estimate of drug-likeness (QED) is 0.489. The predicted octanol–water partition coefficient (Wildman–Crippen LogP) is 3.32. The van der Waals surface area contributed by atoms with Gasteiger partial charge in [-0.25, -0.2) is 4.98 Å². The average Bonchev–Trinajstić information content (AvgIpc) is 3.37. The Hall–Kier alpha value is -3.30. The standard InChI is InChI=1S/C24H26N6O2S/c1-14-6-7-30-20(12-18-13-29(8-9-32-18)24-28-27-16(3)33-24)22(26-21(30)10-14)17-4-5-19(23(25)31)15(2)11-17/h4-7,10-11,18H,8-9,12-13H2,1-3H3,(H2,25,31)/t18-/m0/s1. The molecule has 0 radical (unpaired) electrons. The second-order valence-electron chi connectivity index (χ2n) is 8.48. The summed E-state index contributed by atoms with van der Waals surface area (Å²) >= 11 is 1.61. The summed E-state index contributed by atoms with van der Waals surface area (Å²) in [5, 5.41) is 10.4. The van der Waals surface area contributed by atoms with Crippen LogP contribution < -0.4 is 10.6 Å². The Labute approximate surface area is 196 Å². The number of primary amides is 1. The van der Waals surface area contributed by atoms with Crippen LogP contribution in [0.4, 0.5) is 5.13 Å². The van der Waals surface area contributed by atoms with E-state index in [2.05, 4.69) is 44.8 Å². The summed E-state index contributed by atoms with van der Waals surface area (Å²) in [7, 11) is 0. The number of pyridine rings is 1. The molecule has 1 aliphatic rings. The molecule has 1 fully saturated rings. The third-order valence-corrected chi connectivity index (χ3v) is 6.89. The van der Waals surface area contributed by atoms with Gasteiger partial charge in [-0.15, -0.1) is 10.2 Å². The average molecular weight is 463 g/mol. The molecular formula is C24H26N6O2S. The molecule has 1 saturated heterocycles. The third kappa shape index (κ3) is 4.21. The zero-order valence-electron chi connectivity index (χ0n) is 18.9. The molecule has 1 aromatic carbocycles. The fourth-order valence-electron chi connectivity index (χ4n) is 4.36. The smallest absolute Gasteiger partial charge is 0.248 e. The number of nitrogens with zero attached hydrogens (tertiary/aromatic N) is 5. The van der Waals surface area contributed by atoms with E-state index in [0.29, 0.717) is 18.6 Å². The minimum Gasteiger partial charge on any atom is -0.374 e. The van der Waals surface area contributed by atoms with Crippen molar-refractivity contribution in [3.8, 4) is 11.3 Å². The van der Waals surface area contributed by atoms with E-state index in [-0.39, 0.29) is 6.10 Å². The molecule has 0 bridgehead atoms. The van der Waals surface area contributed by atoms with Crippen LogP contribution in [-0.2, 0) is 11.2 Å². The van der Waals surface area contributed by atoms with Crippen LogP contribution >= 0.6 is 11.3 Å². The van der Waals surface area contributed by atoms with E-state index in [4.69, 9.17) is 15.5 Å². The molecule has 8 nitrogen and oxygen atoms in total. The van der Waals surface area contributed by atoms with Crippen LogP contribution in [0, 0.1) is 20.8 Å². The van der Waals surface area contributed by atoms with Gasteiger partial charge in [0, 0.05) is 36.8 Å². The minimum atomic E-state index is -0.424. The van der Waals surface area contributed by atoms with Crippen molar-refractivity contribution in [3.05, 3.63) is 63.9 Å². The van der Waals surface area contributed by atoms with Crippen molar-refractivity contribution < 1.29 is 9.53 Å². The fourth-order valence-corrected chi connectivity index (χ4v) is 5.08. The SMILES string of the molecule is Cc1ccn2c(C[C@H]3CN(c4nnc(C)s4)CCO3)c(-c3ccc(C(N)=O)c(C)c3)nc2c1. The number of ether oxygens (including phenoxy) is 1. The van der Waals surface area contributed by atoms with Gasteiger partial charge < -0.3 is 19.8 Å². The summed E-state index contributed by atoms with van der Waals surface area (Å²) in [6.07, 6.45) is 2.76. The van der Waals surface area contributed by atoms with E-state index in [0.717, 1.165) is 57.0 Å². The molecule has 0 saturated carbocycles. The molecule has 170 valence electrons. The van der Waals surface area contributed by atoms with Crippen molar-refractivity contribution in [2.75, 3.05) is 24.6 Å². The lowest BCUT2D eigenvalue weighted by molar-refractivity contribution is 0.0404. The van der Waals surface area contributed by atoms with E-state index >= 15 is 0 Å². The first-order valence-electron chi connectivity index (χ1n) is 10.9. The number of morpholine rings is 1. The number of aryl methyl sites for hydroxylation is 3. The molecule has 0 spiro atoms. The number of hydrogen-bond acceptors (Lipinski definition) is 7. The second-order valence-corrected chi connectivity index (χ2v) is 9.64. The maximum absolute atomic E-state index is 11.7. The van der Waals surface area contributed by atoms with Gasteiger partial charge in [-0.3, -0.25) is 4.79 Å². The van der Waals surface area contributed by atoms with E-state index in [1.165, 1.54) is 0 Å². The van der Waals surface area contributed by atoms with Crippen LogP contribution in [-0.4, -0.2) is 51.3 Å². The number of anilines is 1. The highest BCUT2D eigenvalue weighted by Gasteiger charge is 2.26. The highest BCUT2D eigenvalue weighted by molar-refractivity contribution is 7.15. The van der Waals surface area contributed by atoms with Gasteiger partial charge in [0.05, 0.1) is 24.1 Å². The van der Waals surface area contributed by atoms with Crippen LogP contribution in [0.2, 0.25) is 0 Å². The number of carbonyl (C=O) groups excluding carboxylic acids is 1. The van der Waals surface area contributed by atoms with Gasteiger partial charge >= 0.3 is 0 Å². The molecule has 5 rings (SSSR count). The van der Waals surface area contributed by atoms with Gasteiger partial charge in [0.15, 0.2) is 0 Å². The van der Waals surface area contributed by atoms with Crippen LogP contribution in [0.5, 0.6) is 0 Å². The van der Waals surface area contributed by atoms with Crippen molar-refractivity contribution in [3.63, 3.8) is 0 Å². The Morgan fingerprint density at radius 3 is 2.79 bits per heavy atom. The Morgan fingerprint density at radius 2 is 2.06 bits per heavy atom. The van der Waals surface area contributed by atoms with Crippen LogP contribution in [0.1, 0.15) is 32.2 Å². The van der Waals surface area contributed by atoms with Crippen molar-refractivity contribution in [1.29, 1.82) is 0 Å². The first kappa shape index (κ1) is 21.5. The zero-order chi connectivity index (χ0) is 23.1. The molecule has 1 atom stereocenters.